The van der Waals surface area contributed by atoms with Crippen LogP contribution in [-0.4, -0.2) is 29.0 Å². The Morgan fingerprint density at radius 2 is 2.06 bits per heavy atom. The molecule has 4 heteroatoms. The number of benzene rings is 1. The third-order valence-corrected chi connectivity index (χ3v) is 3.39. The molecule has 0 aliphatic rings. The zero-order valence-electron chi connectivity index (χ0n) is 9.07. The summed E-state index contributed by atoms with van der Waals surface area (Å²) in [4.78, 5) is 6.68. The monoisotopic (exact) mass is 250 g/mol. The average Bonchev–Trinajstić information content (AvgIpc) is 2.29. The van der Waals surface area contributed by atoms with Gasteiger partial charge in [-0.15, -0.1) is 0 Å². The third kappa shape index (κ3) is 1.88. The molecular formula is C12H11ClN2S. The van der Waals surface area contributed by atoms with Crippen LogP contribution in [0, 0.1) is 0 Å². The molecular weight excluding hydrogens is 240 g/mol. The minimum atomic E-state index is 0.671. The Kier molecular flexibility index (Phi) is 3.08. The maximum absolute atomic E-state index is 6.33. The fraction of sp³-hybridized carbons (Fsp3) is 0.167. The lowest BCUT2D eigenvalue weighted by molar-refractivity contribution is 0.637. The highest BCUT2D eigenvalue weighted by atomic mass is 35.5. The van der Waals surface area contributed by atoms with Gasteiger partial charge in [-0.1, -0.05) is 29.9 Å². The van der Waals surface area contributed by atoms with E-state index in [1.54, 1.807) is 12.4 Å². The molecule has 2 aromatic rings. The Morgan fingerprint density at radius 3 is 2.75 bits per heavy atom. The van der Waals surface area contributed by atoms with Gasteiger partial charge in [-0.3, -0.25) is 4.98 Å². The van der Waals surface area contributed by atoms with E-state index >= 15 is 0 Å². The summed E-state index contributed by atoms with van der Waals surface area (Å²) in [5.41, 5.74) is 0.877. The van der Waals surface area contributed by atoms with E-state index in [9.17, 15) is 0 Å². The number of nitrogens with zero attached hydrogens (tertiary/aromatic N) is 2. The first kappa shape index (κ1) is 11.3. The Balaban J connectivity index is 2.65. The van der Waals surface area contributed by atoms with E-state index in [2.05, 4.69) is 4.98 Å². The highest BCUT2D eigenvalue weighted by Crippen LogP contribution is 2.27. The Hall–Kier alpha value is -1.19. The van der Waals surface area contributed by atoms with Crippen molar-refractivity contribution in [1.29, 1.82) is 0 Å². The molecule has 82 valence electrons. The van der Waals surface area contributed by atoms with Gasteiger partial charge in [-0.05, 0) is 17.5 Å². The van der Waals surface area contributed by atoms with Crippen LogP contribution in [0.3, 0.4) is 0 Å². The van der Waals surface area contributed by atoms with Gasteiger partial charge >= 0.3 is 0 Å². The van der Waals surface area contributed by atoms with E-state index in [1.807, 2.05) is 37.2 Å². The molecule has 0 aliphatic heterocycles. The molecule has 0 spiro atoms. The predicted molar refractivity (Wildman–Crippen MR) is 72.1 cm³/mol. The smallest absolute Gasteiger partial charge is 0.110 e. The number of fused-ring (bicyclic) bond motifs is 1. The van der Waals surface area contributed by atoms with Gasteiger partial charge in [0, 0.05) is 37.4 Å². The Labute approximate surface area is 105 Å². The molecule has 2 nitrogen and oxygen atoms in total. The van der Waals surface area contributed by atoms with Gasteiger partial charge in [0.25, 0.3) is 0 Å². The van der Waals surface area contributed by atoms with Crippen LogP contribution in [0.4, 0.5) is 0 Å². The minimum absolute atomic E-state index is 0.671. The first-order chi connectivity index (χ1) is 7.61. The molecule has 0 unspecified atom stereocenters. The van der Waals surface area contributed by atoms with Crippen LogP contribution in [-0.2, 0) is 0 Å². The van der Waals surface area contributed by atoms with E-state index < -0.39 is 0 Å². The van der Waals surface area contributed by atoms with Crippen LogP contribution < -0.4 is 0 Å². The van der Waals surface area contributed by atoms with Crippen LogP contribution >= 0.6 is 23.8 Å². The highest BCUT2D eigenvalue weighted by Gasteiger charge is 2.10. The fourth-order valence-corrected chi connectivity index (χ4v) is 2.07. The quantitative estimate of drug-likeness (QED) is 0.724. The van der Waals surface area contributed by atoms with Crippen LogP contribution in [0.2, 0.25) is 5.02 Å². The Morgan fingerprint density at radius 1 is 1.31 bits per heavy atom. The number of hydrogen-bond acceptors (Lipinski definition) is 2. The maximum atomic E-state index is 6.33. The maximum Gasteiger partial charge on any atom is 0.110 e. The fourth-order valence-electron chi connectivity index (χ4n) is 1.53. The summed E-state index contributed by atoms with van der Waals surface area (Å²) in [6, 6.07) is 5.89. The van der Waals surface area contributed by atoms with Crippen LogP contribution in [0.25, 0.3) is 10.8 Å². The van der Waals surface area contributed by atoms with Crippen molar-refractivity contribution < 1.29 is 0 Å². The summed E-state index contributed by atoms with van der Waals surface area (Å²) in [6.07, 6.45) is 3.52. The zero-order valence-corrected chi connectivity index (χ0v) is 10.6. The lowest BCUT2D eigenvalue weighted by Gasteiger charge is -2.15. The summed E-state index contributed by atoms with van der Waals surface area (Å²) < 4.78 is 0. The highest BCUT2D eigenvalue weighted by molar-refractivity contribution is 7.80. The standard InChI is InChI=1S/C12H11ClN2S/c1-15(2)12(16)9-4-3-8-5-6-14-7-10(8)11(9)13/h3-7H,1-2H3. The van der Waals surface area contributed by atoms with Gasteiger partial charge in [-0.2, -0.15) is 0 Å². The normalized spacial score (nSPS) is 10.4. The van der Waals surface area contributed by atoms with E-state index in [0.29, 0.717) is 5.02 Å². The van der Waals surface area contributed by atoms with Crippen molar-refractivity contribution >= 4 is 39.6 Å². The Bertz CT molecular complexity index is 552. The SMILES string of the molecule is CN(C)C(=S)c1ccc2ccncc2c1Cl. The number of halogens is 1. The molecule has 0 fully saturated rings. The van der Waals surface area contributed by atoms with Gasteiger partial charge in [0.05, 0.1) is 5.02 Å². The largest absolute Gasteiger partial charge is 0.368 e. The average molecular weight is 251 g/mol. The molecule has 1 aromatic carbocycles. The van der Waals surface area contributed by atoms with Crippen molar-refractivity contribution in [2.24, 2.45) is 0 Å². The second kappa shape index (κ2) is 4.36. The van der Waals surface area contributed by atoms with E-state index in [-0.39, 0.29) is 0 Å². The molecule has 16 heavy (non-hydrogen) atoms. The minimum Gasteiger partial charge on any atom is -0.368 e. The number of hydrogen-bond donors (Lipinski definition) is 0. The molecule has 0 amide bonds. The van der Waals surface area contributed by atoms with E-state index in [4.69, 9.17) is 23.8 Å². The molecule has 1 heterocycles. The summed E-state index contributed by atoms with van der Waals surface area (Å²) in [7, 11) is 3.82. The topological polar surface area (TPSA) is 16.1 Å². The number of pyridine rings is 1. The van der Waals surface area contributed by atoms with Gasteiger partial charge in [-0.25, -0.2) is 0 Å². The molecule has 0 saturated heterocycles. The molecule has 0 atom stereocenters. The van der Waals surface area contributed by atoms with Gasteiger partial charge in [0.15, 0.2) is 0 Å². The molecule has 2 rings (SSSR count). The van der Waals surface area contributed by atoms with Crippen molar-refractivity contribution in [1.82, 2.24) is 9.88 Å². The summed E-state index contributed by atoms with van der Waals surface area (Å²) in [5, 5.41) is 2.68. The van der Waals surface area contributed by atoms with Crippen LogP contribution in [0.1, 0.15) is 5.56 Å². The van der Waals surface area contributed by atoms with E-state index in [0.717, 1.165) is 21.3 Å². The second-order valence-electron chi connectivity index (χ2n) is 3.72. The second-order valence-corrected chi connectivity index (χ2v) is 4.49. The van der Waals surface area contributed by atoms with Crippen molar-refractivity contribution in [3.8, 4) is 0 Å². The van der Waals surface area contributed by atoms with Gasteiger partial charge < -0.3 is 4.90 Å². The van der Waals surface area contributed by atoms with Gasteiger partial charge in [0.1, 0.15) is 4.99 Å². The molecule has 0 N–H and O–H groups in total. The lowest BCUT2D eigenvalue weighted by Crippen LogP contribution is -2.20. The molecule has 0 aliphatic carbocycles. The van der Waals surface area contributed by atoms with Crippen molar-refractivity contribution in [2.45, 2.75) is 0 Å². The molecule has 0 radical (unpaired) electrons. The molecule has 1 aromatic heterocycles. The summed E-state index contributed by atoms with van der Waals surface area (Å²) >= 11 is 11.6. The summed E-state index contributed by atoms with van der Waals surface area (Å²) in [5.74, 6) is 0. The zero-order chi connectivity index (χ0) is 11.7. The number of thiocarbonyl (C=S) groups is 1. The lowest BCUT2D eigenvalue weighted by atomic mass is 10.1. The first-order valence-corrected chi connectivity index (χ1v) is 5.64. The van der Waals surface area contributed by atoms with Crippen LogP contribution in [0.15, 0.2) is 30.6 Å². The van der Waals surface area contributed by atoms with Crippen LogP contribution in [0.5, 0.6) is 0 Å². The van der Waals surface area contributed by atoms with Gasteiger partial charge in [0.2, 0.25) is 0 Å². The molecule has 0 saturated carbocycles. The van der Waals surface area contributed by atoms with Crippen molar-refractivity contribution in [3.63, 3.8) is 0 Å². The number of rotatable bonds is 1. The first-order valence-electron chi connectivity index (χ1n) is 4.85. The van der Waals surface area contributed by atoms with Crippen molar-refractivity contribution in [2.75, 3.05) is 14.1 Å². The van der Waals surface area contributed by atoms with E-state index in [1.165, 1.54) is 0 Å². The predicted octanol–water partition coefficient (Wildman–Crippen LogP) is 3.13. The number of aromatic nitrogens is 1. The molecule has 0 bridgehead atoms. The summed E-state index contributed by atoms with van der Waals surface area (Å²) in [6.45, 7) is 0. The third-order valence-electron chi connectivity index (χ3n) is 2.39. The van der Waals surface area contributed by atoms with Crippen molar-refractivity contribution in [3.05, 3.63) is 41.2 Å².